The summed E-state index contributed by atoms with van der Waals surface area (Å²) in [6.45, 7) is 5.76. The fourth-order valence-electron chi connectivity index (χ4n) is 3.21. The Morgan fingerprint density at radius 3 is 2.65 bits per heavy atom. The molecule has 1 aromatic rings. The number of halogens is 3. The van der Waals surface area contributed by atoms with Crippen LogP contribution in [-0.4, -0.2) is 61.6 Å². The van der Waals surface area contributed by atoms with E-state index in [-0.39, 0.29) is 43.1 Å². The fraction of sp³-hybridized carbons (Fsp3) is 0.647. The number of carbonyl (C=O) groups is 1. The van der Waals surface area contributed by atoms with E-state index in [2.05, 4.69) is 38.5 Å². The lowest BCUT2D eigenvalue weighted by Gasteiger charge is -2.33. The van der Waals surface area contributed by atoms with E-state index < -0.39 is 0 Å². The van der Waals surface area contributed by atoms with Crippen LogP contribution in [0.25, 0.3) is 0 Å². The first kappa shape index (κ1) is 25.2. The lowest BCUT2D eigenvalue weighted by molar-refractivity contribution is -0.121. The van der Waals surface area contributed by atoms with E-state index in [1.54, 1.807) is 0 Å². The number of aromatic nitrogens is 1. The quantitative estimate of drug-likeness (QED) is 0.752. The van der Waals surface area contributed by atoms with E-state index in [0.717, 1.165) is 50.5 Å². The summed E-state index contributed by atoms with van der Waals surface area (Å²) in [5.41, 5.74) is 1.11. The molecule has 2 fully saturated rings. The van der Waals surface area contributed by atoms with Gasteiger partial charge in [-0.3, -0.25) is 4.79 Å². The molecule has 3 rings (SSSR count). The lowest BCUT2D eigenvalue weighted by atomic mass is 10.1. The molecule has 1 unspecified atom stereocenters. The largest absolute Gasteiger partial charge is 0.354 e. The normalized spacial score (nSPS) is 19.7. The van der Waals surface area contributed by atoms with Crippen molar-refractivity contribution in [3.05, 3.63) is 23.9 Å². The molecule has 0 radical (unpaired) electrons. The Hall–Kier alpha value is -0.790. The van der Waals surface area contributed by atoms with Crippen molar-refractivity contribution < 1.29 is 4.79 Å². The number of carbonyl (C=O) groups excluding carboxylic acids is 1. The summed E-state index contributed by atoms with van der Waals surface area (Å²) in [4.78, 5) is 21.1. The highest BCUT2D eigenvalue weighted by atomic mass is 35.5. The van der Waals surface area contributed by atoms with Crippen LogP contribution in [0.5, 0.6) is 0 Å². The molecule has 0 spiro atoms. The second-order valence-electron chi connectivity index (χ2n) is 6.59. The monoisotopic (exact) mass is 425 g/mol. The van der Waals surface area contributed by atoms with Gasteiger partial charge in [0.05, 0.1) is 0 Å². The van der Waals surface area contributed by atoms with Crippen molar-refractivity contribution in [2.75, 3.05) is 44.7 Å². The molecular formula is C17H30Cl3N5O. The van der Waals surface area contributed by atoms with Gasteiger partial charge in [0.25, 0.3) is 0 Å². The predicted octanol–water partition coefficient (Wildman–Crippen LogP) is 1.86. The first-order valence-electron chi connectivity index (χ1n) is 8.59. The smallest absolute Gasteiger partial charge is 0.221 e. The molecule has 2 saturated heterocycles. The Bertz CT molecular complexity index is 535. The van der Waals surface area contributed by atoms with E-state index >= 15 is 0 Å². The number of nitrogens with zero attached hydrogens (tertiary/aromatic N) is 3. The summed E-state index contributed by atoms with van der Waals surface area (Å²) in [6.07, 6.45) is 4.71. The molecule has 0 aromatic carbocycles. The number of piperazine rings is 1. The minimum Gasteiger partial charge on any atom is -0.354 e. The third-order valence-corrected chi connectivity index (χ3v) is 4.72. The van der Waals surface area contributed by atoms with Crippen LogP contribution in [0.3, 0.4) is 0 Å². The van der Waals surface area contributed by atoms with Crippen molar-refractivity contribution in [1.82, 2.24) is 20.5 Å². The lowest BCUT2D eigenvalue weighted by Crippen LogP contribution is -2.44. The van der Waals surface area contributed by atoms with Gasteiger partial charge in [-0.15, -0.1) is 37.2 Å². The van der Waals surface area contributed by atoms with Gasteiger partial charge in [-0.25, -0.2) is 4.98 Å². The first-order valence-corrected chi connectivity index (χ1v) is 8.59. The Labute approximate surface area is 174 Å². The van der Waals surface area contributed by atoms with Gasteiger partial charge in [0.15, 0.2) is 0 Å². The molecule has 1 atom stereocenters. The molecule has 1 amide bonds. The van der Waals surface area contributed by atoms with Gasteiger partial charge < -0.3 is 20.4 Å². The number of hydrogen-bond donors (Lipinski definition) is 2. The highest BCUT2D eigenvalue weighted by Gasteiger charge is 2.18. The maximum atomic E-state index is 12.0. The molecule has 1 aromatic heterocycles. The van der Waals surface area contributed by atoms with Gasteiger partial charge in [0, 0.05) is 51.4 Å². The average Bonchev–Trinajstić information content (AvgIpc) is 3.07. The minimum absolute atomic E-state index is 0. The Kier molecular flexibility index (Phi) is 12.2. The van der Waals surface area contributed by atoms with Gasteiger partial charge in [0.1, 0.15) is 5.82 Å². The number of anilines is 1. The molecular weight excluding hydrogens is 397 g/mol. The number of likely N-dealkylation sites (N-methyl/N-ethyl adjacent to an activating group) is 1. The number of pyridine rings is 1. The predicted molar refractivity (Wildman–Crippen MR) is 113 cm³/mol. The van der Waals surface area contributed by atoms with Gasteiger partial charge >= 0.3 is 0 Å². The Balaban J connectivity index is 0.00000208. The molecule has 6 nitrogen and oxygen atoms in total. The van der Waals surface area contributed by atoms with Crippen LogP contribution in [-0.2, 0) is 11.3 Å². The van der Waals surface area contributed by atoms with Crippen LogP contribution in [0.1, 0.15) is 24.8 Å². The van der Waals surface area contributed by atoms with Crippen molar-refractivity contribution in [3.8, 4) is 0 Å². The highest BCUT2D eigenvalue weighted by Crippen LogP contribution is 2.15. The maximum Gasteiger partial charge on any atom is 0.221 e. The third kappa shape index (κ3) is 7.45. The summed E-state index contributed by atoms with van der Waals surface area (Å²) in [5, 5.41) is 6.39. The third-order valence-electron chi connectivity index (χ3n) is 4.72. The van der Waals surface area contributed by atoms with Crippen LogP contribution in [0.4, 0.5) is 5.82 Å². The summed E-state index contributed by atoms with van der Waals surface area (Å²) in [6, 6.07) is 4.43. The molecule has 0 bridgehead atoms. The number of hydrogen-bond acceptors (Lipinski definition) is 5. The zero-order valence-corrected chi connectivity index (χ0v) is 17.6. The van der Waals surface area contributed by atoms with Gasteiger partial charge in [-0.2, -0.15) is 0 Å². The van der Waals surface area contributed by atoms with Gasteiger partial charge in [0.2, 0.25) is 5.91 Å². The van der Waals surface area contributed by atoms with E-state index in [4.69, 9.17) is 0 Å². The standard InChI is InChI=1S/C17H27N5O.3ClH/c1-21-7-9-22(10-8-21)16-11-14(4-6-19-16)13-20-17(23)12-15-3-2-5-18-15;;;/h4,6,11,15,18H,2-3,5,7-10,12-13H2,1H3,(H,20,23);3*1H. The van der Waals surface area contributed by atoms with Crippen molar-refractivity contribution in [3.63, 3.8) is 0 Å². The fourth-order valence-corrected chi connectivity index (χ4v) is 3.21. The number of nitrogens with one attached hydrogen (secondary N) is 2. The van der Waals surface area contributed by atoms with Crippen LogP contribution >= 0.6 is 37.2 Å². The molecule has 3 heterocycles. The van der Waals surface area contributed by atoms with Crippen LogP contribution in [0, 0.1) is 0 Å². The minimum atomic E-state index is 0. The molecule has 9 heteroatoms. The second kappa shape index (κ2) is 12.6. The first-order chi connectivity index (χ1) is 11.2. The van der Waals surface area contributed by atoms with E-state index in [0.29, 0.717) is 19.0 Å². The number of rotatable bonds is 5. The Morgan fingerprint density at radius 1 is 1.27 bits per heavy atom. The van der Waals surface area contributed by atoms with E-state index in [9.17, 15) is 4.79 Å². The molecule has 0 aliphatic carbocycles. The highest BCUT2D eigenvalue weighted by molar-refractivity contribution is 5.86. The maximum absolute atomic E-state index is 12.0. The molecule has 2 aliphatic rings. The zero-order valence-electron chi connectivity index (χ0n) is 15.1. The van der Waals surface area contributed by atoms with Crippen LogP contribution in [0.2, 0.25) is 0 Å². The summed E-state index contributed by atoms with van der Waals surface area (Å²) in [5.74, 6) is 1.14. The van der Waals surface area contributed by atoms with E-state index in [1.807, 2.05) is 12.3 Å². The molecule has 26 heavy (non-hydrogen) atoms. The van der Waals surface area contributed by atoms with Gasteiger partial charge in [-0.05, 0) is 44.1 Å². The number of amides is 1. The van der Waals surface area contributed by atoms with Crippen molar-refractivity contribution in [2.45, 2.75) is 31.8 Å². The van der Waals surface area contributed by atoms with Crippen molar-refractivity contribution >= 4 is 48.9 Å². The zero-order chi connectivity index (χ0) is 16.1. The van der Waals surface area contributed by atoms with E-state index in [1.165, 1.54) is 6.42 Å². The second-order valence-corrected chi connectivity index (χ2v) is 6.59. The van der Waals surface area contributed by atoms with Crippen LogP contribution < -0.4 is 15.5 Å². The molecule has 2 aliphatic heterocycles. The van der Waals surface area contributed by atoms with Crippen LogP contribution in [0.15, 0.2) is 18.3 Å². The molecule has 2 N–H and O–H groups in total. The molecule has 0 saturated carbocycles. The molecule has 150 valence electrons. The summed E-state index contributed by atoms with van der Waals surface area (Å²) in [7, 11) is 2.15. The Morgan fingerprint density at radius 2 is 2.00 bits per heavy atom. The average molecular weight is 427 g/mol. The van der Waals surface area contributed by atoms with Gasteiger partial charge in [-0.1, -0.05) is 0 Å². The van der Waals surface area contributed by atoms with Crippen molar-refractivity contribution in [1.29, 1.82) is 0 Å². The topological polar surface area (TPSA) is 60.5 Å². The summed E-state index contributed by atoms with van der Waals surface area (Å²) >= 11 is 0. The SMILES string of the molecule is CN1CCN(c2cc(CNC(=O)CC3CCCN3)ccn2)CC1.Cl.Cl.Cl. The van der Waals surface area contributed by atoms with Crippen molar-refractivity contribution in [2.24, 2.45) is 0 Å². The summed E-state index contributed by atoms with van der Waals surface area (Å²) < 4.78 is 0.